The average molecular weight is 334 g/mol. The molecule has 0 radical (unpaired) electrons. The van der Waals surface area contributed by atoms with E-state index in [1.165, 1.54) is 17.3 Å². The Hall–Kier alpha value is -1.86. The highest BCUT2D eigenvalue weighted by atomic mass is 32.2. The van der Waals surface area contributed by atoms with Crippen LogP contribution in [0.2, 0.25) is 0 Å². The molecule has 23 heavy (non-hydrogen) atoms. The van der Waals surface area contributed by atoms with Gasteiger partial charge in [-0.1, -0.05) is 29.5 Å². The third-order valence-corrected chi connectivity index (χ3v) is 4.17. The van der Waals surface area contributed by atoms with Crippen LogP contribution in [0.3, 0.4) is 0 Å². The average Bonchev–Trinajstić information content (AvgIpc) is 2.87. The molecule has 0 aliphatic heterocycles. The Kier molecular flexibility index (Phi) is 6.18. The number of rotatable bonds is 7. The maximum absolute atomic E-state index is 12.0. The number of aromatic nitrogens is 3. The zero-order valence-corrected chi connectivity index (χ0v) is 14.7. The first-order valence-corrected chi connectivity index (χ1v) is 8.40. The fraction of sp³-hybridized carbons (Fsp3) is 0.438. The fourth-order valence-electron chi connectivity index (χ4n) is 2.17. The van der Waals surface area contributed by atoms with Crippen LogP contribution in [0.5, 0.6) is 0 Å². The van der Waals surface area contributed by atoms with E-state index in [-0.39, 0.29) is 17.7 Å². The molecule has 0 aliphatic carbocycles. The van der Waals surface area contributed by atoms with E-state index in [2.05, 4.69) is 15.5 Å². The predicted molar refractivity (Wildman–Crippen MR) is 91.0 cm³/mol. The summed E-state index contributed by atoms with van der Waals surface area (Å²) in [6.45, 7) is 6.35. The summed E-state index contributed by atoms with van der Waals surface area (Å²) >= 11 is 1.37. The van der Waals surface area contributed by atoms with Gasteiger partial charge in [0.25, 0.3) is 0 Å². The molecule has 1 atom stereocenters. The minimum atomic E-state index is -0.0457. The number of methoxy groups -OCH3 is 1. The van der Waals surface area contributed by atoms with E-state index in [1.54, 1.807) is 7.11 Å². The van der Waals surface area contributed by atoms with E-state index in [9.17, 15) is 4.79 Å². The quantitative estimate of drug-likeness (QED) is 0.786. The number of amides is 1. The van der Waals surface area contributed by atoms with Gasteiger partial charge in [-0.25, -0.2) is 0 Å². The Labute approximate surface area is 140 Å². The van der Waals surface area contributed by atoms with E-state index in [0.717, 1.165) is 11.5 Å². The number of aryl methyl sites for hydroxylation is 2. The first-order valence-electron chi connectivity index (χ1n) is 7.41. The van der Waals surface area contributed by atoms with E-state index < -0.39 is 0 Å². The number of carbonyl (C=O) groups is 1. The molecule has 1 heterocycles. The number of benzene rings is 1. The Morgan fingerprint density at radius 3 is 2.65 bits per heavy atom. The third-order valence-electron chi connectivity index (χ3n) is 3.24. The third kappa shape index (κ3) is 4.80. The lowest BCUT2D eigenvalue weighted by atomic mass is 10.2. The second-order valence-corrected chi connectivity index (χ2v) is 6.36. The number of hydrogen-bond acceptors (Lipinski definition) is 5. The maximum atomic E-state index is 12.0. The van der Waals surface area contributed by atoms with Crippen LogP contribution in [0.4, 0.5) is 0 Å². The van der Waals surface area contributed by atoms with Gasteiger partial charge in [0.05, 0.1) is 12.4 Å². The summed E-state index contributed by atoms with van der Waals surface area (Å²) in [5.74, 6) is 1.04. The SMILES string of the molecule is COCC(C)NC(=O)CSc1nnc(C)n1-c1ccc(C)cc1. The van der Waals surface area contributed by atoms with Crippen LogP contribution in [0, 0.1) is 13.8 Å². The van der Waals surface area contributed by atoms with Gasteiger partial charge in [0, 0.05) is 18.8 Å². The molecule has 1 N–H and O–H groups in total. The highest BCUT2D eigenvalue weighted by molar-refractivity contribution is 7.99. The van der Waals surface area contributed by atoms with Crippen LogP contribution in [-0.2, 0) is 9.53 Å². The van der Waals surface area contributed by atoms with E-state index in [4.69, 9.17) is 4.74 Å². The van der Waals surface area contributed by atoms with Crippen molar-refractivity contribution < 1.29 is 9.53 Å². The zero-order chi connectivity index (χ0) is 16.8. The highest BCUT2D eigenvalue weighted by Crippen LogP contribution is 2.21. The van der Waals surface area contributed by atoms with Crippen LogP contribution in [0.15, 0.2) is 29.4 Å². The van der Waals surface area contributed by atoms with Crippen molar-refractivity contribution in [2.24, 2.45) is 0 Å². The second-order valence-electron chi connectivity index (χ2n) is 5.41. The molecule has 0 bridgehead atoms. The Bertz CT molecular complexity index is 655. The van der Waals surface area contributed by atoms with Crippen molar-refractivity contribution in [1.29, 1.82) is 0 Å². The molecule has 0 saturated heterocycles. The smallest absolute Gasteiger partial charge is 0.230 e. The van der Waals surface area contributed by atoms with Crippen molar-refractivity contribution in [3.8, 4) is 5.69 Å². The summed E-state index contributed by atoms with van der Waals surface area (Å²) in [7, 11) is 1.62. The lowest BCUT2D eigenvalue weighted by molar-refractivity contribution is -0.119. The molecule has 1 aromatic heterocycles. The largest absolute Gasteiger partial charge is 0.383 e. The molecule has 1 amide bonds. The molecule has 0 spiro atoms. The lowest BCUT2D eigenvalue weighted by Gasteiger charge is -2.12. The molecule has 0 saturated carbocycles. The van der Waals surface area contributed by atoms with E-state index in [0.29, 0.717) is 11.8 Å². The number of hydrogen-bond donors (Lipinski definition) is 1. The molecule has 0 fully saturated rings. The van der Waals surface area contributed by atoms with Gasteiger partial charge in [0.1, 0.15) is 5.82 Å². The van der Waals surface area contributed by atoms with Crippen molar-refractivity contribution in [2.75, 3.05) is 19.5 Å². The van der Waals surface area contributed by atoms with Crippen molar-refractivity contribution in [2.45, 2.75) is 32.0 Å². The number of ether oxygens (including phenoxy) is 1. The molecule has 2 rings (SSSR count). The van der Waals surface area contributed by atoms with E-state index >= 15 is 0 Å². The van der Waals surface area contributed by atoms with Gasteiger partial charge in [-0.2, -0.15) is 0 Å². The summed E-state index contributed by atoms with van der Waals surface area (Å²) in [6.07, 6.45) is 0. The molecule has 6 nitrogen and oxygen atoms in total. The maximum Gasteiger partial charge on any atom is 0.230 e. The molecule has 1 aromatic carbocycles. The molecular weight excluding hydrogens is 312 g/mol. The monoisotopic (exact) mass is 334 g/mol. The number of nitrogens with zero attached hydrogens (tertiary/aromatic N) is 3. The minimum Gasteiger partial charge on any atom is -0.383 e. The molecule has 2 aromatic rings. The van der Waals surface area contributed by atoms with Crippen molar-refractivity contribution in [3.05, 3.63) is 35.7 Å². The van der Waals surface area contributed by atoms with Gasteiger partial charge >= 0.3 is 0 Å². The predicted octanol–water partition coefficient (Wildman–Crippen LogP) is 2.13. The van der Waals surface area contributed by atoms with Gasteiger partial charge in [-0.3, -0.25) is 9.36 Å². The van der Waals surface area contributed by atoms with Crippen molar-refractivity contribution >= 4 is 17.7 Å². The molecular formula is C16H22N4O2S. The summed E-state index contributed by atoms with van der Waals surface area (Å²) in [5, 5.41) is 11.9. The Morgan fingerprint density at radius 2 is 2.00 bits per heavy atom. The lowest BCUT2D eigenvalue weighted by Crippen LogP contribution is -2.36. The standard InChI is InChI=1S/C16H22N4O2S/c1-11-5-7-14(8-6-11)20-13(3)18-19-16(20)23-10-15(21)17-12(2)9-22-4/h5-8,12H,9-10H2,1-4H3,(H,17,21). The number of nitrogens with one attached hydrogen (secondary N) is 1. The molecule has 124 valence electrons. The van der Waals surface area contributed by atoms with Gasteiger partial charge in [-0.05, 0) is 32.9 Å². The number of carbonyl (C=O) groups excluding carboxylic acids is 1. The Balaban J connectivity index is 2.04. The van der Waals surface area contributed by atoms with Crippen LogP contribution >= 0.6 is 11.8 Å². The van der Waals surface area contributed by atoms with Gasteiger partial charge in [0.2, 0.25) is 5.91 Å². The normalized spacial score (nSPS) is 12.2. The zero-order valence-electron chi connectivity index (χ0n) is 13.9. The molecule has 1 unspecified atom stereocenters. The van der Waals surface area contributed by atoms with Gasteiger partial charge in [-0.15, -0.1) is 10.2 Å². The topological polar surface area (TPSA) is 69.0 Å². The van der Waals surface area contributed by atoms with E-state index in [1.807, 2.05) is 49.6 Å². The molecule has 0 aliphatic rings. The van der Waals surface area contributed by atoms with Crippen LogP contribution in [0.1, 0.15) is 18.3 Å². The van der Waals surface area contributed by atoms with Crippen LogP contribution < -0.4 is 5.32 Å². The second kappa shape index (κ2) is 8.12. The minimum absolute atomic E-state index is 0.00944. The summed E-state index contributed by atoms with van der Waals surface area (Å²) in [4.78, 5) is 12.0. The van der Waals surface area contributed by atoms with Crippen LogP contribution in [-0.4, -0.2) is 46.2 Å². The Morgan fingerprint density at radius 1 is 1.30 bits per heavy atom. The summed E-state index contributed by atoms with van der Waals surface area (Å²) in [5.41, 5.74) is 2.19. The first kappa shape index (κ1) is 17.5. The van der Waals surface area contributed by atoms with Crippen LogP contribution in [0.25, 0.3) is 5.69 Å². The fourth-order valence-corrected chi connectivity index (χ4v) is 2.97. The van der Waals surface area contributed by atoms with Crippen molar-refractivity contribution in [3.63, 3.8) is 0 Å². The summed E-state index contributed by atoms with van der Waals surface area (Å²) in [6, 6.07) is 8.13. The highest BCUT2D eigenvalue weighted by Gasteiger charge is 2.14. The summed E-state index contributed by atoms with van der Waals surface area (Å²) < 4.78 is 6.96. The first-order chi connectivity index (χ1) is 11.0. The van der Waals surface area contributed by atoms with Gasteiger partial charge < -0.3 is 10.1 Å². The number of thioether (sulfide) groups is 1. The van der Waals surface area contributed by atoms with Crippen molar-refractivity contribution in [1.82, 2.24) is 20.1 Å². The molecule has 7 heteroatoms. The van der Waals surface area contributed by atoms with Gasteiger partial charge in [0.15, 0.2) is 5.16 Å².